The van der Waals surface area contributed by atoms with E-state index in [9.17, 15) is 0 Å². The molecule has 1 aliphatic heterocycles. The molecular formula is C13H7ClN2O3S. The molecule has 0 bridgehead atoms. The summed E-state index contributed by atoms with van der Waals surface area (Å²) in [6.45, 7) is 0.238. The lowest BCUT2D eigenvalue weighted by atomic mass is 10.2. The van der Waals surface area contributed by atoms with E-state index < -0.39 is 0 Å². The molecule has 0 radical (unpaired) electrons. The van der Waals surface area contributed by atoms with Crippen LogP contribution in [-0.2, 0) is 0 Å². The lowest BCUT2D eigenvalue weighted by Gasteiger charge is -1.97. The Morgan fingerprint density at radius 2 is 1.85 bits per heavy atom. The third-order valence-corrected chi connectivity index (χ3v) is 4.05. The fourth-order valence-electron chi connectivity index (χ4n) is 1.90. The summed E-state index contributed by atoms with van der Waals surface area (Å²) in [6, 6.07) is 9.15. The van der Waals surface area contributed by atoms with Crippen molar-refractivity contribution in [1.29, 1.82) is 0 Å². The number of thiophene rings is 1. The topological polar surface area (TPSA) is 57.4 Å². The van der Waals surface area contributed by atoms with Crippen LogP contribution in [0.4, 0.5) is 0 Å². The normalized spacial score (nSPS) is 12.8. The van der Waals surface area contributed by atoms with E-state index in [0.717, 1.165) is 16.2 Å². The molecule has 3 heterocycles. The summed E-state index contributed by atoms with van der Waals surface area (Å²) in [4.78, 5) is 0.842. The molecule has 1 aromatic carbocycles. The van der Waals surface area contributed by atoms with Crippen LogP contribution in [0.15, 0.2) is 34.7 Å². The summed E-state index contributed by atoms with van der Waals surface area (Å²) in [6.07, 6.45) is 0. The first-order chi connectivity index (χ1) is 9.79. The van der Waals surface area contributed by atoms with Gasteiger partial charge in [0.15, 0.2) is 11.5 Å². The Kier molecular flexibility index (Phi) is 2.64. The van der Waals surface area contributed by atoms with E-state index in [2.05, 4.69) is 10.2 Å². The van der Waals surface area contributed by atoms with E-state index in [1.165, 1.54) is 11.3 Å². The Labute approximate surface area is 122 Å². The van der Waals surface area contributed by atoms with Gasteiger partial charge in [0.2, 0.25) is 12.7 Å². The van der Waals surface area contributed by atoms with Crippen LogP contribution in [0, 0.1) is 0 Å². The standard InChI is InChI=1S/C13H7ClN2O3S/c14-11-4-3-10(20-11)13-16-15-12(19-13)7-1-2-8-9(5-7)18-6-17-8/h1-5H,6H2. The molecule has 0 spiro atoms. The van der Waals surface area contributed by atoms with E-state index in [-0.39, 0.29) is 6.79 Å². The number of aromatic nitrogens is 2. The second-order valence-corrected chi connectivity index (χ2v) is 5.80. The molecule has 0 amide bonds. The maximum absolute atomic E-state index is 5.90. The molecule has 3 aromatic rings. The van der Waals surface area contributed by atoms with Gasteiger partial charge in [-0.2, -0.15) is 0 Å². The highest BCUT2D eigenvalue weighted by Crippen LogP contribution is 2.37. The molecule has 0 saturated carbocycles. The average Bonchev–Trinajstić information content (AvgIpc) is 3.17. The number of benzene rings is 1. The van der Waals surface area contributed by atoms with Crippen molar-refractivity contribution in [3.8, 4) is 33.7 Å². The molecule has 20 heavy (non-hydrogen) atoms. The third kappa shape index (κ3) is 1.93. The van der Waals surface area contributed by atoms with Crippen molar-refractivity contribution in [3.05, 3.63) is 34.7 Å². The van der Waals surface area contributed by atoms with E-state index in [1.54, 1.807) is 6.07 Å². The second kappa shape index (κ2) is 4.50. The Morgan fingerprint density at radius 3 is 2.70 bits per heavy atom. The minimum Gasteiger partial charge on any atom is -0.454 e. The van der Waals surface area contributed by atoms with Crippen molar-refractivity contribution in [1.82, 2.24) is 10.2 Å². The van der Waals surface area contributed by atoms with Crippen LogP contribution in [0.1, 0.15) is 0 Å². The minimum absolute atomic E-state index is 0.238. The number of nitrogens with zero attached hydrogens (tertiary/aromatic N) is 2. The zero-order valence-electron chi connectivity index (χ0n) is 10.00. The fourth-order valence-corrected chi connectivity index (χ4v) is 2.86. The first-order valence-electron chi connectivity index (χ1n) is 5.79. The van der Waals surface area contributed by atoms with Crippen LogP contribution < -0.4 is 9.47 Å². The van der Waals surface area contributed by atoms with E-state index in [0.29, 0.717) is 21.9 Å². The first-order valence-corrected chi connectivity index (χ1v) is 6.98. The highest BCUT2D eigenvalue weighted by atomic mass is 35.5. The lowest BCUT2D eigenvalue weighted by molar-refractivity contribution is 0.174. The predicted molar refractivity (Wildman–Crippen MR) is 74.2 cm³/mol. The Bertz CT molecular complexity index is 784. The van der Waals surface area contributed by atoms with Gasteiger partial charge in [-0.3, -0.25) is 0 Å². The summed E-state index contributed by atoms with van der Waals surface area (Å²) in [7, 11) is 0. The summed E-state index contributed by atoms with van der Waals surface area (Å²) in [5.41, 5.74) is 0.788. The Morgan fingerprint density at radius 1 is 1.00 bits per heavy atom. The number of fused-ring (bicyclic) bond motifs is 1. The van der Waals surface area contributed by atoms with Crippen molar-refractivity contribution >= 4 is 22.9 Å². The quantitative estimate of drug-likeness (QED) is 0.720. The van der Waals surface area contributed by atoms with Gasteiger partial charge in [-0.25, -0.2) is 0 Å². The molecular weight excluding hydrogens is 300 g/mol. The molecule has 1 aliphatic rings. The van der Waals surface area contributed by atoms with Crippen LogP contribution in [0.5, 0.6) is 11.5 Å². The maximum atomic E-state index is 5.90. The molecule has 4 rings (SSSR count). The van der Waals surface area contributed by atoms with E-state index in [1.807, 2.05) is 24.3 Å². The van der Waals surface area contributed by atoms with E-state index >= 15 is 0 Å². The van der Waals surface area contributed by atoms with Gasteiger partial charge in [0, 0.05) is 5.56 Å². The SMILES string of the molecule is Clc1ccc(-c2nnc(-c3ccc4c(c3)OCO4)o2)s1. The van der Waals surface area contributed by atoms with Crippen LogP contribution in [0.2, 0.25) is 4.34 Å². The molecule has 0 atom stereocenters. The minimum atomic E-state index is 0.238. The van der Waals surface area contributed by atoms with Gasteiger partial charge < -0.3 is 13.9 Å². The highest BCUT2D eigenvalue weighted by molar-refractivity contribution is 7.19. The van der Waals surface area contributed by atoms with Crippen molar-refractivity contribution in [2.24, 2.45) is 0 Å². The van der Waals surface area contributed by atoms with Crippen molar-refractivity contribution in [2.75, 3.05) is 6.79 Å². The van der Waals surface area contributed by atoms with Crippen molar-refractivity contribution < 1.29 is 13.9 Å². The van der Waals surface area contributed by atoms with Gasteiger partial charge in [0.05, 0.1) is 9.21 Å². The van der Waals surface area contributed by atoms with Crippen LogP contribution in [0.25, 0.3) is 22.2 Å². The van der Waals surface area contributed by atoms with Crippen molar-refractivity contribution in [3.63, 3.8) is 0 Å². The van der Waals surface area contributed by atoms with Gasteiger partial charge in [-0.15, -0.1) is 21.5 Å². The summed E-state index contributed by atoms with van der Waals surface area (Å²) < 4.78 is 16.9. The highest BCUT2D eigenvalue weighted by Gasteiger charge is 2.17. The van der Waals surface area contributed by atoms with Gasteiger partial charge >= 0.3 is 0 Å². The molecule has 0 unspecified atom stereocenters. The monoisotopic (exact) mass is 306 g/mol. The summed E-state index contributed by atoms with van der Waals surface area (Å²) in [5.74, 6) is 2.29. The maximum Gasteiger partial charge on any atom is 0.258 e. The van der Waals surface area contributed by atoms with E-state index in [4.69, 9.17) is 25.5 Å². The summed E-state index contributed by atoms with van der Waals surface area (Å²) in [5, 5.41) is 8.08. The average molecular weight is 307 g/mol. The van der Waals surface area contributed by atoms with Gasteiger partial charge in [0.25, 0.3) is 5.89 Å². The van der Waals surface area contributed by atoms with Crippen LogP contribution >= 0.6 is 22.9 Å². The summed E-state index contributed by atoms with van der Waals surface area (Å²) >= 11 is 7.29. The molecule has 0 saturated heterocycles. The number of ether oxygens (including phenoxy) is 2. The van der Waals surface area contributed by atoms with Gasteiger partial charge in [-0.1, -0.05) is 11.6 Å². The molecule has 2 aromatic heterocycles. The third-order valence-electron chi connectivity index (χ3n) is 2.83. The second-order valence-electron chi connectivity index (χ2n) is 4.08. The predicted octanol–water partition coefficient (Wildman–Crippen LogP) is 3.85. The lowest BCUT2D eigenvalue weighted by Crippen LogP contribution is -1.92. The molecule has 7 heteroatoms. The zero-order chi connectivity index (χ0) is 13.5. The van der Waals surface area contributed by atoms with Crippen molar-refractivity contribution in [2.45, 2.75) is 0 Å². The number of rotatable bonds is 2. The molecule has 0 N–H and O–H groups in total. The number of halogens is 1. The molecule has 5 nitrogen and oxygen atoms in total. The van der Waals surface area contributed by atoms with Gasteiger partial charge in [0.1, 0.15) is 0 Å². The van der Waals surface area contributed by atoms with Crippen LogP contribution in [-0.4, -0.2) is 17.0 Å². The Balaban J connectivity index is 1.71. The fraction of sp³-hybridized carbons (Fsp3) is 0.0769. The zero-order valence-corrected chi connectivity index (χ0v) is 11.6. The molecule has 0 aliphatic carbocycles. The van der Waals surface area contributed by atoms with Gasteiger partial charge in [-0.05, 0) is 30.3 Å². The molecule has 100 valence electrons. The smallest absolute Gasteiger partial charge is 0.258 e. The largest absolute Gasteiger partial charge is 0.454 e. The van der Waals surface area contributed by atoms with Crippen LogP contribution in [0.3, 0.4) is 0 Å². The number of hydrogen-bond acceptors (Lipinski definition) is 6. The number of hydrogen-bond donors (Lipinski definition) is 0. The first kappa shape index (κ1) is 11.7. The molecule has 0 fully saturated rings. The Hall–Kier alpha value is -2.05.